The first-order valence-electron chi connectivity index (χ1n) is 8.44. The fourth-order valence-electron chi connectivity index (χ4n) is 2.76. The van der Waals surface area contributed by atoms with Crippen molar-refractivity contribution in [3.63, 3.8) is 0 Å². The number of rotatable bonds is 5. The highest BCUT2D eigenvalue weighted by Crippen LogP contribution is 2.22. The van der Waals surface area contributed by atoms with Crippen molar-refractivity contribution in [2.45, 2.75) is 32.0 Å². The molecular weight excluding hydrogens is 332 g/mol. The maximum atomic E-state index is 12.4. The van der Waals surface area contributed by atoms with Crippen LogP contribution in [0.15, 0.2) is 60.7 Å². The third kappa shape index (κ3) is 3.91. The van der Waals surface area contributed by atoms with Gasteiger partial charge in [0.25, 0.3) is 0 Å². The highest BCUT2D eigenvalue weighted by molar-refractivity contribution is 6.06. The van der Waals surface area contributed by atoms with Crippen LogP contribution >= 0.6 is 0 Å². The fourth-order valence-corrected chi connectivity index (χ4v) is 2.76. The van der Waals surface area contributed by atoms with E-state index in [1.807, 2.05) is 67.6 Å². The molecule has 2 atom stereocenters. The number of amides is 3. The van der Waals surface area contributed by atoms with Crippen molar-refractivity contribution in [1.29, 1.82) is 0 Å². The van der Waals surface area contributed by atoms with Crippen molar-refractivity contribution in [2.24, 2.45) is 0 Å². The van der Waals surface area contributed by atoms with Gasteiger partial charge in [0.15, 0.2) is 0 Å². The highest BCUT2D eigenvalue weighted by atomic mass is 16.5. The Balaban J connectivity index is 1.57. The second kappa shape index (κ2) is 7.82. The molecule has 6 heteroatoms. The largest absolute Gasteiger partial charge is 0.459 e. The van der Waals surface area contributed by atoms with E-state index in [2.05, 4.69) is 5.32 Å². The lowest BCUT2D eigenvalue weighted by Crippen LogP contribution is -2.62. The lowest BCUT2D eigenvalue weighted by atomic mass is 10.0. The number of nitrogens with one attached hydrogen (secondary N) is 1. The zero-order valence-corrected chi connectivity index (χ0v) is 14.4. The lowest BCUT2D eigenvalue weighted by molar-refractivity contribution is -0.163. The topological polar surface area (TPSA) is 75.7 Å². The van der Waals surface area contributed by atoms with Crippen molar-refractivity contribution >= 4 is 17.9 Å². The normalized spacial score (nSPS) is 17.2. The van der Waals surface area contributed by atoms with Gasteiger partial charge in [0.1, 0.15) is 12.6 Å². The van der Waals surface area contributed by atoms with Crippen LogP contribution in [0.25, 0.3) is 0 Å². The number of carbonyl (C=O) groups excluding carboxylic acids is 3. The van der Waals surface area contributed by atoms with Gasteiger partial charge in [-0.1, -0.05) is 60.7 Å². The Hall–Kier alpha value is -3.15. The molecule has 0 radical (unpaired) electrons. The summed E-state index contributed by atoms with van der Waals surface area (Å²) in [6, 6.07) is 16.9. The van der Waals surface area contributed by atoms with Crippen LogP contribution in [0, 0.1) is 0 Å². The Bertz CT molecular complexity index is 792. The Morgan fingerprint density at radius 3 is 2.35 bits per heavy atom. The van der Waals surface area contributed by atoms with Gasteiger partial charge in [-0.25, -0.2) is 14.5 Å². The number of carbonyl (C=O) groups is 3. The molecule has 1 fully saturated rings. The van der Waals surface area contributed by atoms with Gasteiger partial charge in [-0.15, -0.1) is 0 Å². The molecule has 1 saturated heterocycles. The summed E-state index contributed by atoms with van der Waals surface area (Å²) in [5, 5.41) is 2.75. The van der Waals surface area contributed by atoms with Crippen molar-refractivity contribution in [3.8, 4) is 0 Å². The molecule has 0 bridgehead atoms. The molecular formula is C20H20N2O4. The number of benzene rings is 2. The van der Waals surface area contributed by atoms with E-state index < -0.39 is 18.0 Å². The van der Waals surface area contributed by atoms with E-state index >= 15 is 0 Å². The van der Waals surface area contributed by atoms with Gasteiger partial charge in [0.05, 0.1) is 12.5 Å². The Morgan fingerprint density at radius 1 is 1.12 bits per heavy atom. The zero-order valence-electron chi connectivity index (χ0n) is 14.4. The number of hydrogen-bond donors (Lipinski definition) is 1. The van der Waals surface area contributed by atoms with E-state index in [1.165, 1.54) is 0 Å². The van der Waals surface area contributed by atoms with Crippen LogP contribution in [0.2, 0.25) is 0 Å². The Labute approximate surface area is 151 Å². The van der Waals surface area contributed by atoms with Gasteiger partial charge < -0.3 is 10.1 Å². The summed E-state index contributed by atoms with van der Waals surface area (Å²) in [6.45, 7) is 1.93. The molecule has 1 aliphatic rings. The molecule has 0 spiro atoms. The summed E-state index contributed by atoms with van der Waals surface area (Å²) in [5.74, 6) is -0.958. The minimum absolute atomic E-state index is 0.0131. The zero-order chi connectivity index (χ0) is 18.5. The number of urea groups is 1. The quantitative estimate of drug-likeness (QED) is 0.663. The summed E-state index contributed by atoms with van der Waals surface area (Å²) in [4.78, 5) is 37.4. The third-order valence-electron chi connectivity index (χ3n) is 4.30. The average molecular weight is 352 g/mol. The molecule has 0 aromatic heterocycles. The summed E-state index contributed by atoms with van der Waals surface area (Å²) < 4.78 is 5.24. The van der Waals surface area contributed by atoms with E-state index in [9.17, 15) is 14.4 Å². The number of ether oxygens (including phenoxy) is 1. The number of imide groups is 1. The lowest BCUT2D eigenvalue weighted by Gasteiger charge is -2.37. The van der Waals surface area contributed by atoms with Gasteiger partial charge in [-0.2, -0.15) is 0 Å². The molecule has 2 aromatic carbocycles. The van der Waals surface area contributed by atoms with Crippen LogP contribution in [0.3, 0.4) is 0 Å². The van der Waals surface area contributed by atoms with Crippen LogP contribution in [0.5, 0.6) is 0 Å². The van der Waals surface area contributed by atoms with Crippen LogP contribution in [-0.2, 0) is 20.9 Å². The van der Waals surface area contributed by atoms with Crippen molar-refractivity contribution in [3.05, 3.63) is 71.8 Å². The summed E-state index contributed by atoms with van der Waals surface area (Å²) >= 11 is 0. The predicted molar refractivity (Wildman–Crippen MR) is 94.9 cm³/mol. The molecule has 134 valence electrons. The van der Waals surface area contributed by atoms with Gasteiger partial charge >= 0.3 is 12.0 Å². The van der Waals surface area contributed by atoms with Crippen LogP contribution < -0.4 is 5.32 Å². The van der Waals surface area contributed by atoms with Crippen molar-refractivity contribution in [1.82, 2.24) is 10.2 Å². The predicted octanol–water partition coefficient (Wildman–Crippen LogP) is 2.80. The maximum absolute atomic E-state index is 12.4. The summed E-state index contributed by atoms with van der Waals surface area (Å²) in [6.07, 6.45) is -0.0131. The molecule has 1 aliphatic heterocycles. The molecule has 6 nitrogen and oxygen atoms in total. The van der Waals surface area contributed by atoms with E-state index in [4.69, 9.17) is 4.74 Å². The first-order chi connectivity index (χ1) is 12.6. The monoisotopic (exact) mass is 352 g/mol. The molecule has 2 unspecified atom stereocenters. The average Bonchev–Trinajstić information content (AvgIpc) is 2.65. The van der Waals surface area contributed by atoms with Gasteiger partial charge in [-0.3, -0.25) is 4.79 Å². The SMILES string of the molecule is CC(NC(=O)N1C(=O)CC1C(=O)OCc1ccccc1)c1ccccc1. The molecule has 26 heavy (non-hydrogen) atoms. The van der Waals surface area contributed by atoms with Crippen molar-refractivity contribution in [2.75, 3.05) is 0 Å². The minimum atomic E-state index is -0.866. The molecule has 0 saturated carbocycles. The molecule has 3 amide bonds. The first kappa shape index (κ1) is 17.7. The number of hydrogen-bond acceptors (Lipinski definition) is 4. The Kier molecular flexibility index (Phi) is 5.31. The van der Waals surface area contributed by atoms with Crippen molar-refractivity contribution < 1.29 is 19.1 Å². The van der Waals surface area contributed by atoms with E-state index in [-0.39, 0.29) is 25.0 Å². The van der Waals surface area contributed by atoms with Gasteiger partial charge in [0.2, 0.25) is 5.91 Å². The van der Waals surface area contributed by atoms with E-state index in [0.717, 1.165) is 16.0 Å². The van der Waals surface area contributed by atoms with E-state index in [0.29, 0.717) is 0 Å². The van der Waals surface area contributed by atoms with Gasteiger partial charge in [0, 0.05) is 0 Å². The smallest absolute Gasteiger partial charge is 0.330 e. The second-order valence-electron chi connectivity index (χ2n) is 6.16. The number of likely N-dealkylation sites (tertiary alicyclic amines) is 1. The minimum Gasteiger partial charge on any atom is -0.459 e. The van der Waals surface area contributed by atoms with Gasteiger partial charge in [-0.05, 0) is 18.1 Å². The standard InChI is InChI=1S/C20H20N2O4/c1-14(16-10-6-3-7-11-16)21-20(25)22-17(12-18(22)23)19(24)26-13-15-8-4-2-5-9-15/h2-11,14,17H,12-13H2,1H3,(H,21,25). The fraction of sp³-hybridized carbons (Fsp3) is 0.250. The molecule has 1 N–H and O–H groups in total. The number of esters is 1. The summed E-state index contributed by atoms with van der Waals surface area (Å²) in [5.41, 5.74) is 1.76. The first-order valence-corrected chi connectivity index (χ1v) is 8.44. The molecule has 3 rings (SSSR count). The molecule has 1 heterocycles. The van der Waals surface area contributed by atoms with Crippen LogP contribution in [0.4, 0.5) is 4.79 Å². The highest BCUT2D eigenvalue weighted by Gasteiger charge is 2.46. The van der Waals surface area contributed by atoms with Crippen LogP contribution in [0.1, 0.15) is 30.5 Å². The number of nitrogens with zero attached hydrogens (tertiary/aromatic N) is 1. The molecule has 0 aliphatic carbocycles. The third-order valence-corrected chi connectivity index (χ3v) is 4.30. The molecule has 2 aromatic rings. The van der Waals surface area contributed by atoms with E-state index in [1.54, 1.807) is 0 Å². The number of β-lactam (4-membered cyclic amide) rings is 1. The van der Waals surface area contributed by atoms with Crippen LogP contribution in [-0.4, -0.2) is 28.8 Å². The summed E-state index contributed by atoms with van der Waals surface area (Å²) in [7, 11) is 0. The second-order valence-corrected chi connectivity index (χ2v) is 6.16. The Morgan fingerprint density at radius 2 is 1.73 bits per heavy atom. The maximum Gasteiger partial charge on any atom is 0.330 e.